The summed E-state index contributed by atoms with van der Waals surface area (Å²) < 4.78 is 27.2. The van der Waals surface area contributed by atoms with Gasteiger partial charge in [0.05, 0.1) is 0 Å². The van der Waals surface area contributed by atoms with Crippen molar-refractivity contribution in [1.82, 2.24) is 14.0 Å². The Kier molecular flexibility index (Phi) is 4.56. The maximum atomic E-state index is 12.0. The number of urea groups is 1. The molecular weight excluding hydrogens is 280 g/mol. The molecule has 0 atom stereocenters. The second-order valence-electron chi connectivity index (χ2n) is 4.74. The Bertz CT molecular complexity index is 565. The number of carbonyl (C=O) groups is 1. The van der Waals surface area contributed by atoms with Crippen LogP contribution in [0.2, 0.25) is 0 Å². The molecule has 2 rings (SSSR count). The van der Waals surface area contributed by atoms with Gasteiger partial charge in [0.15, 0.2) is 0 Å². The zero-order chi connectivity index (χ0) is 14.6. The first-order valence-electron chi connectivity index (χ1n) is 6.49. The second kappa shape index (κ2) is 6.19. The van der Waals surface area contributed by atoms with Gasteiger partial charge in [-0.05, 0) is 31.4 Å². The second-order valence-corrected chi connectivity index (χ2v) is 6.41. The molecule has 1 fully saturated rings. The topological polar surface area (TPSA) is 91.4 Å². The van der Waals surface area contributed by atoms with Crippen molar-refractivity contribution in [1.29, 1.82) is 0 Å². The SMILES string of the molecule is Cc1ccc(NC(=O)NS(=O)(=O)N2CCCCC2)nc1. The van der Waals surface area contributed by atoms with Gasteiger partial charge in [0.25, 0.3) is 0 Å². The molecule has 1 aromatic heterocycles. The average molecular weight is 298 g/mol. The van der Waals surface area contributed by atoms with Gasteiger partial charge in [-0.1, -0.05) is 12.5 Å². The molecule has 2 heterocycles. The van der Waals surface area contributed by atoms with Gasteiger partial charge in [-0.3, -0.25) is 5.32 Å². The fourth-order valence-electron chi connectivity index (χ4n) is 1.97. The van der Waals surface area contributed by atoms with Gasteiger partial charge in [-0.25, -0.2) is 14.5 Å². The summed E-state index contributed by atoms with van der Waals surface area (Å²) in [6, 6.07) is 2.59. The predicted octanol–water partition coefficient (Wildman–Crippen LogP) is 1.24. The summed E-state index contributed by atoms with van der Waals surface area (Å²) in [4.78, 5) is 15.7. The maximum Gasteiger partial charge on any atom is 0.335 e. The number of amides is 2. The Labute approximate surface area is 118 Å². The summed E-state index contributed by atoms with van der Waals surface area (Å²) in [6.45, 7) is 2.77. The molecule has 110 valence electrons. The van der Waals surface area contributed by atoms with Crippen molar-refractivity contribution >= 4 is 22.1 Å². The molecule has 1 saturated heterocycles. The van der Waals surface area contributed by atoms with Crippen molar-refractivity contribution in [2.24, 2.45) is 0 Å². The van der Waals surface area contributed by atoms with Crippen molar-refractivity contribution in [3.05, 3.63) is 23.9 Å². The Hall–Kier alpha value is -1.67. The number of aryl methyl sites for hydroxylation is 1. The van der Waals surface area contributed by atoms with Crippen LogP contribution in [0.5, 0.6) is 0 Å². The first-order valence-corrected chi connectivity index (χ1v) is 7.93. The quantitative estimate of drug-likeness (QED) is 0.878. The molecule has 0 aliphatic carbocycles. The molecule has 0 bridgehead atoms. The Balaban J connectivity index is 1.94. The Morgan fingerprint density at radius 1 is 1.25 bits per heavy atom. The number of aromatic nitrogens is 1. The minimum atomic E-state index is -3.77. The van der Waals surface area contributed by atoms with E-state index < -0.39 is 16.2 Å². The standard InChI is InChI=1S/C12H18N4O3S/c1-10-5-6-11(13-9-10)14-12(17)15-20(18,19)16-7-3-2-4-8-16/h5-6,9H,2-4,7-8H2,1H3,(H2,13,14,15,17). The molecule has 1 aromatic rings. The predicted molar refractivity (Wildman–Crippen MR) is 75.5 cm³/mol. The number of nitrogens with one attached hydrogen (secondary N) is 2. The van der Waals surface area contributed by atoms with E-state index in [1.807, 2.05) is 11.6 Å². The summed E-state index contributed by atoms with van der Waals surface area (Å²) in [6.07, 6.45) is 4.25. The van der Waals surface area contributed by atoms with Crippen LogP contribution < -0.4 is 10.0 Å². The van der Waals surface area contributed by atoms with Crippen molar-refractivity contribution in [2.45, 2.75) is 26.2 Å². The first-order chi connectivity index (χ1) is 9.47. The van der Waals surface area contributed by atoms with E-state index in [-0.39, 0.29) is 0 Å². The third-order valence-corrected chi connectivity index (χ3v) is 4.52. The van der Waals surface area contributed by atoms with E-state index in [4.69, 9.17) is 0 Å². The molecule has 1 aliphatic rings. The van der Waals surface area contributed by atoms with Crippen molar-refractivity contribution in [2.75, 3.05) is 18.4 Å². The van der Waals surface area contributed by atoms with Crippen LogP contribution in [0.25, 0.3) is 0 Å². The van der Waals surface area contributed by atoms with E-state index >= 15 is 0 Å². The van der Waals surface area contributed by atoms with Crippen LogP contribution in [0.15, 0.2) is 18.3 Å². The molecular formula is C12H18N4O3S. The molecule has 0 unspecified atom stereocenters. The number of carbonyl (C=O) groups excluding carboxylic acids is 1. The minimum Gasteiger partial charge on any atom is -0.291 e. The van der Waals surface area contributed by atoms with Gasteiger partial charge in [-0.15, -0.1) is 0 Å². The van der Waals surface area contributed by atoms with Crippen molar-refractivity contribution in [3.63, 3.8) is 0 Å². The molecule has 0 aromatic carbocycles. The van der Waals surface area contributed by atoms with Gasteiger partial charge in [0.1, 0.15) is 5.82 Å². The Morgan fingerprint density at radius 3 is 2.55 bits per heavy atom. The maximum absolute atomic E-state index is 12.0. The normalized spacial score (nSPS) is 16.6. The Morgan fingerprint density at radius 2 is 1.95 bits per heavy atom. The molecule has 7 nitrogen and oxygen atoms in total. The van der Waals surface area contributed by atoms with Crippen LogP contribution in [0.4, 0.5) is 10.6 Å². The lowest BCUT2D eigenvalue weighted by Crippen LogP contribution is -2.47. The van der Waals surface area contributed by atoms with Crippen LogP contribution in [0.1, 0.15) is 24.8 Å². The van der Waals surface area contributed by atoms with Crippen LogP contribution >= 0.6 is 0 Å². The van der Waals surface area contributed by atoms with E-state index in [9.17, 15) is 13.2 Å². The molecule has 2 amide bonds. The number of nitrogens with zero attached hydrogens (tertiary/aromatic N) is 2. The van der Waals surface area contributed by atoms with Crippen LogP contribution in [0, 0.1) is 6.92 Å². The number of rotatable bonds is 3. The van der Waals surface area contributed by atoms with Gasteiger partial charge in [0, 0.05) is 19.3 Å². The lowest BCUT2D eigenvalue weighted by atomic mass is 10.2. The molecule has 2 N–H and O–H groups in total. The minimum absolute atomic E-state index is 0.307. The fraction of sp³-hybridized carbons (Fsp3) is 0.500. The number of hydrogen-bond donors (Lipinski definition) is 2. The largest absolute Gasteiger partial charge is 0.335 e. The van der Waals surface area contributed by atoms with Gasteiger partial charge in [-0.2, -0.15) is 12.7 Å². The van der Waals surface area contributed by atoms with E-state index in [2.05, 4.69) is 10.3 Å². The molecule has 0 radical (unpaired) electrons. The summed E-state index contributed by atoms with van der Waals surface area (Å²) in [5.74, 6) is 0.307. The summed E-state index contributed by atoms with van der Waals surface area (Å²) >= 11 is 0. The summed E-state index contributed by atoms with van der Waals surface area (Å²) in [5.41, 5.74) is 0.955. The highest BCUT2D eigenvalue weighted by Gasteiger charge is 2.25. The zero-order valence-electron chi connectivity index (χ0n) is 11.3. The number of hydrogen-bond acceptors (Lipinski definition) is 4. The van der Waals surface area contributed by atoms with Crippen LogP contribution in [0.3, 0.4) is 0 Å². The smallest absolute Gasteiger partial charge is 0.291 e. The number of piperidine rings is 1. The lowest BCUT2D eigenvalue weighted by molar-refractivity contribution is 0.255. The average Bonchev–Trinajstić information content (AvgIpc) is 2.42. The molecule has 0 saturated carbocycles. The summed E-state index contributed by atoms with van der Waals surface area (Å²) in [7, 11) is -3.77. The van der Waals surface area contributed by atoms with Crippen molar-refractivity contribution < 1.29 is 13.2 Å². The van der Waals surface area contributed by atoms with Crippen LogP contribution in [-0.2, 0) is 10.2 Å². The van der Waals surface area contributed by atoms with E-state index in [0.29, 0.717) is 18.9 Å². The zero-order valence-corrected chi connectivity index (χ0v) is 12.1. The molecule has 0 spiro atoms. The number of pyridine rings is 1. The van der Waals surface area contributed by atoms with E-state index in [1.165, 1.54) is 4.31 Å². The lowest BCUT2D eigenvalue weighted by Gasteiger charge is -2.25. The molecule has 20 heavy (non-hydrogen) atoms. The molecule has 1 aliphatic heterocycles. The highest BCUT2D eigenvalue weighted by atomic mass is 32.2. The highest BCUT2D eigenvalue weighted by Crippen LogP contribution is 2.12. The van der Waals surface area contributed by atoms with E-state index in [0.717, 1.165) is 24.8 Å². The first kappa shape index (κ1) is 14.7. The van der Waals surface area contributed by atoms with Crippen LogP contribution in [-0.4, -0.2) is 36.8 Å². The van der Waals surface area contributed by atoms with Gasteiger partial charge in [0.2, 0.25) is 0 Å². The fourth-order valence-corrected chi connectivity index (χ4v) is 3.12. The van der Waals surface area contributed by atoms with Gasteiger partial charge < -0.3 is 0 Å². The third kappa shape index (κ3) is 3.91. The van der Waals surface area contributed by atoms with E-state index in [1.54, 1.807) is 18.3 Å². The number of anilines is 1. The van der Waals surface area contributed by atoms with Gasteiger partial charge >= 0.3 is 16.2 Å². The third-order valence-electron chi connectivity index (χ3n) is 3.03. The molecule has 8 heteroatoms. The van der Waals surface area contributed by atoms with Crippen molar-refractivity contribution in [3.8, 4) is 0 Å². The summed E-state index contributed by atoms with van der Waals surface area (Å²) in [5, 5.41) is 2.40. The highest BCUT2D eigenvalue weighted by molar-refractivity contribution is 7.87. The monoisotopic (exact) mass is 298 g/mol.